The van der Waals surface area contributed by atoms with Crippen molar-refractivity contribution in [3.63, 3.8) is 0 Å². The van der Waals surface area contributed by atoms with Crippen molar-refractivity contribution in [2.24, 2.45) is 0 Å². The number of esters is 1. The molecule has 10 nitrogen and oxygen atoms in total. The van der Waals surface area contributed by atoms with Gasteiger partial charge in [-0.05, 0) is 30.2 Å². The van der Waals surface area contributed by atoms with Gasteiger partial charge in [-0.15, -0.1) is 0 Å². The van der Waals surface area contributed by atoms with Crippen LogP contribution in [0, 0.1) is 0 Å². The fourth-order valence-electron chi connectivity index (χ4n) is 2.76. The number of hydrogen-bond donors (Lipinski definition) is 2. The van der Waals surface area contributed by atoms with E-state index in [1.807, 2.05) is 18.3 Å². The molecule has 0 unspecified atom stereocenters. The minimum absolute atomic E-state index is 0.0526. The standard InChI is InChI=1S/C22H27N3O7S/c1-4-12-23-22(28)24-20(26)15-32-21(27)17-10-11-18(31-3)19(13-17)33(29,30)25(2)14-16-8-6-5-7-9-16/h5-11,13H,4,12,14-15H2,1-3H3,(H2,23,24,26,28). The first-order valence-electron chi connectivity index (χ1n) is 10.1. The van der Waals surface area contributed by atoms with Gasteiger partial charge in [-0.25, -0.2) is 18.0 Å². The number of imide groups is 1. The fraction of sp³-hybridized carbons (Fsp3) is 0.318. The zero-order valence-corrected chi connectivity index (χ0v) is 19.5. The molecule has 2 N–H and O–H groups in total. The molecule has 0 aromatic heterocycles. The van der Waals surface area contributed by atoms with Crippen LogP contribution in [0.25, 0.3) is 0 Å². The van der Waals surface area contributed by atoms with Gasteiger partial charge in [-0.2, -0.15) is 4.31 Å². The predicted octanol–water partition coefficient (Wildman–Crippen LogP) is 1.91. The Labute approximate surface area is 192 Å². The number of sulfonamides is 1. The number of amides is 3. The fourth-order valence-corrected chi connectivity index (χ4v) is 4.09. The minimum Gasteiger partial charge on any atom is -0.495 e. The predicted molar refractivity (Wildman–Crippen MR) is 120 cm³/mol. The average molecular weight is 478 g/mol. The number of carbonyl (C=O) groups excluding carboxylic acids is 3. The maximum atomic E-state index is 13.2. The summed E-state index contributed by atoms with van der Waals surface area (Å²) in [6, 6.07) is 12.1. The Kier molecular flexibility index (Phi) is 9.37. The van der Waals surface area contributed by atoms with Gasteiger partial charge >= 0.3 is 12.0 Å². The molecule has 11 heteroatoms. The van der Waals surface area contributed by atoms with Gasteiger partial charge in [0.05, 0.1) is 12.7 Å². The van der Waals surface area contributed by atoms with E-state index in [-0.39, 0.29) is 22.8 Å². The molecule has 0 fully saturated rings. The van der Waals surface area contributed by atoms with Gasteiger partial charge in [0.15, 0.2) is 6.61 Å². The molecule has 33 heavy (non-hydrogen) atoms. The first kappa shape index (κ1) is 25.8. The van der Waals surface area contributed by atoms with Crippen LogP contribution in [0.5, 0.6) is 5.75 Å². The van der Waals surface area contributed by atoms with E-state index in [4.69, 9.17) is 9.47 Å². The van der Waals surface area contributed by atoms with Crippen molar-refractivity contribution in [3.8, 4) is 5.75 Å². The molecule has 0 aliphatic heterocycles. The third-order valence-electron chi connectivity index (χ3n) is 4.46. The Morgan fingerprint density at radius 3 is 2.39 bits per heavy atom. The first-order chi connectivity index (χ1) is 15.7. The quantitative estimate of drug-likeness (QED) is 0.500. The summed E-state index contributed by atoms with van der Waals surface area (Å²) in [7, 11) is -1.29. The number of nitrogens with zero attached hydrogens (tertiary/aromatic N) is 1. The van der Waals surface area contributed by atoms with Gasteiger partial charge in [0, 0.05) is 20.1 Å². The monoisotopic (exact) mass is 477 g/mol. The van der Waals surface area contributed by atoms with Crippen LogP contribution in [-0.2, 0) is 26.1 Å². The Balaban J connectivity index is 2.13. The maximum absolute atomic E-state index is 13.2. The summed E-state index contributed by atoms with van der Waals surface area (Å²) in [6.07, 6.45) is 0.694. The van der Waals surface area contributed by atoms with Gasteiger partial charge in [-0.3, -0.25) is 10.1 Å². The number of methoxy groups -OCH3 is 1. The van der Waals surface area contributed by atoms with E-state index in [1.54, 1.807) is 24.3 Å². The summed E-state index contributed by atoms with van der Waals surface area (Å²) in [5, 5.41) is 4.48. The van der Waals surface area contributed by atoms with Gasteiger partial charge < -0.3 is 14.8 Å². The summed E-state index contributed by atoms with van der Waals surface area (Å²) in [4.78, 5) is 35.4. The highest BCUT2D eigenvalue weighted by Crippen LogP contribution is 2.28. The zero-order valence-electron chi connectivity index (χ0n) is 18.7. The van der Waals surface area contributed by atoms with E-state index < -0.39 is 34.5 Å². The second kappa shape index (κ2) is 12.0. The molecule has 0 spiro atoms. The van der Waals surface area contributed by atoms with E-state index in [0.717, 1.165) is 15.9 Å². The van der Waals surface area contributed by atoms with E-state index in [9.17, 15) is 22.8 Å². The Hall–Kier alpha value is -3.44. The lowest BCUT2D eigenvalue weighted by atomic mass is 10.2. The lowest BCUT2D eigenvalue weighted by Gasteiger charge is -2.19. The minimum atomic E-state index is -4.02. The van der Waals surface area contributed by atoms with Crippen molar-refractivity contribution >= 4 is 27.9 Å². The molecule has 0 saturated heterocycles. The van der Waals surface area contributed by atoms with Crippen molar-refractivity contribution in [2.45, 2.75) is 24.8 Å². The van der Waals surface area contributed by atoms with Gasteiger partial charge in [-0.1, -0.05) is 37.3 Å². The molecule has 0 aliphatic rings. The Morgan fingerprint density at radius 2 is 1.76 bits per heavy atom. The van der Waals surface area contributed by atoms with Crippen molar-refractivity contribution in [1.82, 2.24) is 14.9 Å². The van der Waals surface area contributed by atoms with E-state index >= 15 is 0 Å². The molecule has 0 radical (unpaired) electrons. The smallest absolute Gasteiger partial charge is 0.338 e. The molecule has 0 saturated carbocycles. The van der Waals surface area contributed by atoms with Crippen LogP contribution in [-0.4, -0.2) is 57.9 Å². The highest BCUT2D eigenvalue weighted by Gasteiger charge is 2.27. The Bertz CT molecular complexity index is 1090. The van der Waals surface area contributed by atoms with E-state index in [2.05, 4.69) is 5.32 Å². The van der Waals surface area contributed by atoms with E-state index in [1.165, 1.54) is 26.3 Å². The molecular formula is C22H27N3O7S. The summed E-state index contributed by atoms with van der Waals surface area (Å²) in [6.45, 7) is 1.65. The van der Waals surface area contributed by atoms with Crippen molar-refractivity contribution in [3.05, 3.63) is 59.7 Å². The summed E-state index contributed by atoms with van der Waals surface area (Å²) >= 11 is 0. The first-order valence-corrected chi connectivity index (χ1v) is 11.6. The third kappa shape index (κ3) is 7.29. The molecule has 2 rings (SSSR count). The van der Waals surface area contributed by atoms with Gasteiger partial charge in [0.1, 0.15) is 10.6 Å². The Morgan fingerprint density at radius 1 is 1.06 bits per heavy atom. The highest BCUT2D eigenvalue weighted by atomic mass is 32.2. The largest absolute Gasteiger partial charge is 0.495 e. The van der Waals surface area contributed by atoms with Crippen molar-refractivity contribution in [1.29, 1.82) is 0 Å². The molecular weight excluding hydrogens is 450 g/mol. The summed E-state index contributed by atoms with van der Waals surface area (Å²) in [5.74, 6) is -1.69. The molecule has 2 aromatic carbocycles. The number of ether oxygens (including phenoxy) is 2. The van der Waals surface area contributed by atoms with E-state index in [0.29, 0.717) is 13.0 Å². The molecule has 2 aromatic rings. The number of benzene rings is 2. The van der Waals surface area contributed by atoms with Crippen LogP contribution in [0.3, 0.4) is 0 Å². The second-order valence-corrected chi connectivity index (χ2v) is 9.01. The highest BCUT2D eigenvalue weighted by molar-refractivity contribution is 7.89. The number of carbonyl (C=O) groups is 3. The zero-order chi connectivity index (χ0) is 24.4. The van der Waals surface area contributed by atoms with Crippen LogP contribution in [0.1, 0.15) is 29.3 Å². The van der Waals surface area contributed by atoms with Crippen molar-refractivity contribution < 1.29 is 32.3 Å². The van der Waals surface area contributed by atoms with Gasteiger partial charge in [0.2, 0.25) is 10.0 Å². The van der Waals surface area contributed by atoms with Crippen LogP contribution in [0.15, 0.2) is 53.4 Å². The lowest BCUT2D eigenvalue weighted by molar-refractivity contribution is -0.123. The summed E-state index contributed by atoms with van der Waals surface area (Å²) in [5.41, 5.74) is 0.692. The normalized spacial score (nSPS) is 11.0. The van der Waals surface area contributed by atoms with Crippen LogP contribution < -0.4 is 15.4 Å². The number of nitrogens with one attached hydrogen (secondary N) is 2. The van der Waals surface area contributed by atoms with Gasteiger partial charge in [0.25, 0.3) is 5.91 Å². The van der Waals surface area contributed by atoms with Crippen molar-refractivity contribution in [2.75, 3.05) is 27.3 Å². The third-order valence-corrected chi connectivity index (χ3v) is 6.28. The average Bonchev–Trinajstić information content (AvgIpc) is 2.81. The van der Waals surface area contributed by atoms with Crippen LogP contribution in [0.2, 0.25) is 0 Å². The molecule has 3 amide bonds. The number of hydrogen-bond acceptors (Lipinski definition) is 7. The molecule has 0 heterocycles. The second-order valence-electron chi connectivity index (χ2n) is 6.99. The summed E-state index contributed by atoms with van der Waals surface area (Å²) < 4.78 is 37.5. The molecule has 0 bridgehead atoms. The molecule has 0 aliphatic carbocycles. The van der Waals surface area contributed by atoms with Crippen LogP contribution >= 0.6 is 0 Å². The topological polar surface area (TPSA) is 131 Å². The number of rotatable bonds is 10. The maximum Gasteiger partial charge on any atom is 0.338 e. The lowest BCUT2D eigenvalue weighted by Crippen LogP contribution is -2.41. The SMILES string of the molecule is CCCNC(=O)NC(=O)COC(=O)c1ccc(OC)c(S(=O)(=O)N(C)Cc2ccccc2)c1. The van der Waals surface area contributed by atoms with Crippen LogP contribution in [0.4, 0.5) is 4.79 Å². The molecule has 178 valence electrons. The molecule has 0 atom stereocenters. The number of urea groups is 1.